The average molecular weight is 209 g/mol. The van der Waals surface area contributed by atoms with Crippen molar-refractivity contribution in [2.45, 2.75) is 32.3 Å². The molecule has 0 radical (unpaired) electrons. The van der Waals surface area contributed by atoms with Crippen LogP contribution >= 0.6 is 0 Å². The molecule has 1 aliphatic rings. The van der Waals surface area contributed by atoms with Crippen LogP contribution in [0.15, 0.2) is 16.8 Å². The predicted molar refractivity (Wildman–Crippen MR) is 56.9 cm³/mol. The number of hydrogen-bond donors (Lipinski definition) is 0. The number of aldehydes is 1. The monoisotopic (exact) mass is 209 g/mol. The van der Waals surface area contributed by atoms with E-state index in [2.05, 4.69) is 4.99 Å². The Hall–Kier alpha value is -1.29. The molecule has 1 aliphatic heterocycles. The van der Waals surface area contributed by atoms with Gasteiger partial charge in [0.05, 0.1) is 0 Å². The number of carbonyl (C=O) groups is 2. The summed E-state index contributed by atoms with van der Waals surface area (Å²) in [5.74, 6) is -0.128. The smallest absolute Gasteiger partial charge is 0.183 e. The third kappa shape index (κ3) is 3.75. The summed E-state index contributed by atoms with van der Waals surface area (Å²) < 4.78 is 5.08. The molecule has 15 heavy (non-hydrogen) atoms. The van der Waals surface area contributed by atoms with Crippen LogP contribution in [0.25, 0.3) is 0 Å². The Balaban J connectivity index is 2.49. The Morgan fingerprint density at radius 3 is 3.00 bits per heavy atom. The Morgan fingerprint density at radius 1 is 1.67 bits per heavy atom. The molecule has 1 rings (SSSR count). The van der Waals surface area contributed by atoms with Crippen molar-refractivity contribution in [3.63, 3.8) is 0 Å². The summed E-state index contributed by atoms with van der Waals surface area (Å²) >= 11 is 0. The summed E-state index contributed by atoms with van der Waals surface area (Å²) in [6, 6.07) is 0. The first-order valence-corrected chi connectivity index (χ1v) is 5.10. The fraction of sp³-hybridized carbons (Fsp3) is 0.545. The third-order valence-corrected chi connectivity index (χ3v) is 2.07. The highest BCUT2D eigenvalue weighted by molar-refractivity contribution is 5.98. The number of Topliss-reactive ketones (excluding diaryl/α,β-unsaturated/α-hetero) is 1. The van der Waals surface area contributed by atoms with Crippen molar-refractivity contribution in [2.75, 3.05) is 6.61 Å². The van der Waals surface area contributed by atoms with Crippen LogP contribution in [0.2, 0.25) is 0 Å². The zero-order valence-electron chi connectivity index (χ0n) is 8.81. The van der Waals surface area contributed by atoms with Crippen molar-refractivity contribution in [3.05, 3.63) is 11.8 Å². The van der Waals surface area contributed by atoms with E-state index in [-0.39, 0.29) is 12.2 Å². The van der Waals surface area contributed by atoms with Crippen molar-refractivity contribution < 1.29 is 14.3 Å². The van der Waals surface area contributed by atoms with E-state index >= 15 is 0 Å². The van der Waals surface area contributed by atoms with Crippen LogP contribution in [0, 0.1) is 0 Å². The van der Waals surface area contributed by atoms with Gasteiger partial charge < -0.3 is 9.53 Å². The first kappa shape index (κ1) is 11.8. The van der Waals surface area contributed by atoms with E-state index in [0.29, 0.717) is 18.6 Å². The van der Waals surface area contributed by atoms with Crippen molar-refractivity contribution in [2.24, 2.45) is 4.99 Å². The van der Waals surface area contributed by atoms with Crippen LogP contribution in [-0.4, -0.2) is 31.0 Å². The van der Waals surface area contributed by atoms with Gasteiger partial charge in [0.1, 0.15) is 18.1 Å². The van der Waals surface area contributed by atoms with Crippen LogP contribution in [0.1, 0.15) is 26.2 Å². The molecule has 0 N–H and O–H groups in total. The summed E-state index contributed by atoms with van der Waals surface area (Å²) in [4.78, 5) is 26.2. The van der Waals surface area contributed by atoms with Crippen molar-refractivity contribution in [3.8, 4) is 0 Å². The quantitative estimate of drug-likeness (QED) is 0.619. The van der Waals surface area contributed by atoms with E-state index in [1.54, 1.807) is 19.2 Å². The van der Waals surface area contributed by atoms with E-state index in [1.807, 2.05) is 0 Å². The molecule has 4 heteroatoms. The summed E-state index contributed by atoms with van der Waals surface area (Å²) in [5.41, 5.74) is 0.452. The van der Waals surface area contributed by atoms with Gasteiger partial charge in [0.2, 0.25) is 0 Å². The highest BCUT2D eigenvalue weighted by Crippen LogP contribution is 2.11. The fourth-order valence-electron chi connectivity index (χ4n) is 1.34. The molecule has 0 saturated carbocycles. The number of aliphatic imine (C=N–C) groups is 1. The van der Waals surface area contributed by atoms with Gasteiger partial charge in [-0.25, -0.2) is 0 Å². The summed E-state index contributed by atoms with van der Waals surface area (Å²) in [6.45, 7) is 2.22. The minimum atomic E-state index is -0.638. The maximum atomic E-state index is 11.6. The van der Waals surface area contributed by atoms with Gasteiger partial charge in [-0.3, -0.25) is 9.79 Å². The number of allylic oxidation sites excluding steroid dienone is 2. The highest BCUT2D eigenvalue weighted by atomic mass is 16.5. The molecule has 0 aliphatic carbocycles. The van der Waals surface area contributed by atoms with E-state index in [0.717, 1.165) is 12.8 Å². The van der Waals surface area contributed by atoms with Crippen molar-refractivity contribution >= 4 is 18.3 Å². The van der Waals surface area contributed by atoms with Gasteiger partial charge in [0.15, 0.2) is 5.78 Å². The molecule has 0 spiro atoms. The van der Waals surface area contributed by atoms with Crippen LogP contribution < -0.4 is 0 Å². The number of hydrogen-bond acceptors (Lipinski definition) is 4. The summed E-state index contributed by atoms with van der Waals surface area (Å²) in [6.07, 6.45) is 5.35. The molecule has 82 valence electrons. The molecule has 0 saturated heterocycles. The molecule has 1 atom stereocenters. The number of rotatable bonds is 6. The van der Waals surface area contributed by atoms with E-state index in [1.165, 1.54) is 0 Å². The van der Waals surface area contributed by atoms with Crippen molar-refractivity contribution in [1.82, 2.24) is 0 Å². The molecule has 0 bridgehead atoms. The first-order chi connectivity index (χ1) is 7.27. The Bertz CT molecular complexity index is 294. The largest absolute Gasteiger partial charge is 0.371 e. The average Bonchev–Trinajstić information content (AvgIpc) is 2.29. The lowest BCUT2D eigenvalue weighted by Gasteiger charge is -2.10. The lowest BCUT2D eigenvalue weighted by molar-refractivity contribution is -0.125. The van der Waals surface area contributed by atoms with Crippen LogP contribution in [0.3, 0.4) is 0 Å². The summed E-state index contributed by atoms with van der Waals surface area (Å²) in [5, 5.41) is 0. The Labute approximate surface area is 89.0 Å². The standard InChI is InChI=1S/C11H15NO3/c1-2-15-9(8-13)7-11(14)10-5-3-4-6-12-10/h5-6,8-9H,2-4,7H2,1H3/t9-/m0/s1. The first-order valence-electron chi connectivity index (χ1n) is 5.10. The minimum absolute atomic E-state index is 0.0838. The lowest BCUT2D eigenvalue weighted by Crippen LogP contribution is -2.20. The van der Waals surface area contributed by atoms with Gasteiger partial charge in [-0.15, -0.1) is 0 Å². The van der Waals surface area contributed by atoms with Gasteiger partial charge >= 0.3 is 0 Å². The number of carbonyl (C=O) groups excluding carboxylic acids is 2. The molecule has 0 amide bonds. The second kappa shape index (κ2) is 6.24. The normalized spacial score (nSPS) is 17.0. The van der Waals surface area contributed by atoms with E-state index in [9.17, 15) is 9.59 Å². The highest BCUT2D eigenvalue weighted by Gasteiger charge is 2.16. The fourth-order valence-corrected chi connectivity index (χ4v) is 1.34. The second-order valence-electron chi connectivity index (χ2n) is 3.24. The maximum absolute atomic E-state index is 11.6. The van der Waals surface area contributed by atoms with Crippen LogP contribution in [0.4, 0.5) is 0 Å². The van der Waals surface area contributed by atoms with Gasteiger partial charge in [-0.05, 0) is 19.8 Å². The molecule has 1 heterocycles. The number of ether oxygens (including phenoxy) is 1. The van der Waals surface area contributed by atoms with Crippen LogP contribution in [0.5, 0.6) is 0 Å². The SMILES string of the molecule is CCO[C@H](C=O)CC(=O)C1=CCCC=N1. The zero-order valence-corrected chi connectivity index (χ0v) is 8.81. The zero-order chi connectivity index (χ0) is 11.1. The van der Waals surface area contributed by atoms with Gasteiger partial charge in [0.25, 0.3) is 0 Å². The lowest BCUT2D eigenvalue weighted by atomic mass is 10.1. The van der Waals surface area contributed by atoms with E-state index < -0.39 is 6.10 Å². The van der Waals surface area contributed by atoms with Gasteiger partial charge in [0, 0.05) is 19.2 Å². The molecular formula is C11H15NO3. The molecule has 4 nitrogen and oxygen atoms in total. The number of nitrogens with zero attached hydrogens (tertiary/aromatic N) is 1. The molecule has 0 aromatic heterocycles. The van der Waals surface area contributed by atoms with Gasteiger partial charge in [-0.1, -0.05) is 6.08 Å². The molecule has 0 aromatic carbocycles. The predicted octanol–water partition coefficient (Wildman–Crippen LogP) is 1.30. The molecule has 0 aromatic rings. The molecular weight excluding hydrogens is 194 g/mol. The maximum Gasteiger partial charge on any atom is 0.183 e. The summed E-state index contributed by atoms with van der Waals surface area (Å²) in [7, 11) is 0. The topological polar surface area (TPSA) is 55.7 Å². The van der Waals surface area contributed by atoms with Gasteiger partial charge in [-0.2, -0.15) is 0 Å². The Morgan fingerprint density at radius 2 is 2.47 bits per heavy atom. The van der Waals surface area contributed by atoms with E-state index in [4.69, 9.17) is 4.74 Å². The number of ketones is 1. The minimum Gasteiger partial charge on any atom is -0.371 e. The Kier molecular flexibility index (Phi) is 4.90. The molecule has 0 unspecified atom stereocenters. The van der Waals surface area contributed by atoms with Crippen molar-refractivity contribution in [1.29, 1.82) is 0 Å². The molecule has 0 fully saturated rings. The van der Waals surface area contributed by atoms with Crippen LogP contribution in [-0.2, 0) is 14.3 Å². The third-order valence-electron chi connectivity index (χ3n) is 2.07. The second-order valence-corrected chi connectivity index (χ2v) is 3.24.